The van der Waals surface area contributed by atoms with Crippen molar-refractivity contribution in [3.63, 3.8) is 0 Å². The van der Waals surface area contributed by atoms with Crippen LogP contribution in [0.25, 0.3) is 0 Å². The number of hydrogen-bond acceptors (Lipinski definition) is 5. The molecule has 2 heterocycles. The molecule has 2 aliphatic heterocycles. The SMILES string of the molecule is Cc1ccc(S(=O)(=O)OC2=NC(=O)NC(CN3CCCC3=N)C2Cl)cc1. The summed E-state index contributed by atoms with van der Waals surface area (Å²) in [6.07, 6.45) is 1.54. The molecule has 3 rings (SSSR count). The fourth-order valence-electron chi connectivity index (χ4n) is 2.84. The minimum absolute atomic E-state index is 0.0430. The van der Waals surface area contributed by atoms with E-state index in [4.69, 9.17) is 21.2 Å². The van der Waals surface area contributed by atoms with Crippen molar-refractivity contribution in [3.8, 4) is 0 Å². The Bertz CT molecular complexity index is 854. The van der Waals surface area contributed by atoms with Crippen LogP contribution in [0, 0.1) is 12.3 Å². The molecule has 0 saturated carbocycles. The molecular formula is C16H19ClN4O4S. The number of aliphatic imine (C=N–C) groups is 1. The zero-order valence-electron chi connectivity index (χ0n) is 14.1. The number of amides is 2. The van der Waals surface area contributed by atoms with Gasteiger partial charge in [-0.25, -0.2) is 4.79 Å². The first-order chi connectivity index (χ1) is 12.3. The van der Waals surface area contributed by atoms with Gasteiger partial charge in [-0.05, 0) is 25.5 Å². The summed E-state index contributed by atoms with van der Waals surface area (Å²) in [5.41, 5.74) is 0.904. The van der Waals surface area contributed by atoms with Gasteiger partial charge in [-0.3, -0.25) is 5.41 Å². The Kier molecular flexibility index (Phi) is 5.19. The van der Waals surface area contributed by atoms with Gasteiger partial charge < -0.3 is 14.4 Å². The van der Waals surface area contributed by atoms with Crippen LogP contribution < -0.4 is 5.32 Å². The van der Waals surface area contributed by atoms with Gasteiger partial charge in [0.1, 0.15) is 10.3 Å². The second-order valence-electron chi connectivity index (χ2n) is 6.25. The highest BCUT2D eigenvalue weighted by Gasteiger charge is 2.37. The van der Waals surface area contributed by atoms with Crippen LogP contribution in [0.3, 0.4) is 0 Å². The number of carbonyl (C=O) groups excluding carboxylic acids is 1. The Labute approximate surface area is 156 Å². The molecule has 1 saturated heterocycles. The first kappa shape index (κ1) is 18.7. The van der Waals surface area contributed by atoms with Crippen molar-refractivity contribution in [2.75, 3.05) is 13.1 Å². The normalized spacial score (nSPS) is 23.6. The minimum Gasteiger partial charge on any atom is -0.361 e. The number of hydrogen-bond donors (Lipinski definition) is 2. The molecule has 8 nitrogen and oxygen atoms in total. The molecular weight excluding hydrogens is 380 g/mol. The van der Waals surface area contributed by atoms with Gasteiger partial charge in [-0.15, -0.1) is 11.6 Å². The van der Waals surface area contributed by atoms with Crippen molar-refractivity contribution >= 4 is 39.5 Å². The summed E-state index contributed by atoms with van der Waals surface area (Å²) < 4.78 is 29.9. The van der Waals surface area contributed by atoms with Crippen LogP contribution in [0.1, 0.15) is 18.4 Å². The Morgan fingerprint density at radius 1 is 1.38 bits per heavy atom. The number of nitrogens with zero attached hydrogens (tertiary/aromatic N) is 2. The molecule has 26 heavy (non-hydrogen) atoms. The Balaban J connectivity index is 1.77. The lowest BCUT2D eigenvalue weighted by Gasteiger charge is -2.31. The van der Waals surface area contributed by atoms with E-state index < -0.39 is 27.6 Å². The zero-order chi connectivity index (χ0) is 18.9. The van der Waals surface area contributed by atoms with Crippen LogP contribution >= 0.6 is 11.6 Å². The number of halogens is 1. The van der Waals surface area contributed by atoms with Gasteiger partial charge in [0.25, 0.3) is 0 Å². The van der Waals surface area contributed by atoms with Crippen molar-refractivity contribution in [1.82, 2.24) is 10.2 Å². The molecule has 2 aliphatic rings. The van der Waals surface area contributed by atoms with E-state index in [0.717, 1.165) is 12.0 Å². The van der Waals surface area contributed by atoms with Gasteiger partial charge >= 0.3 is 16.1 Å². The van der Waals surface area contributed by atoms with Gasteiger partial charge in [0.05, 0.1) is 11.9 Å². The van der Waals surface area contributed by atoms with E-state index in [1.807, 2.05) is 6.92 Å². The molecule has 1 aromatic rings. The Morgan fingerprint density at radius 3 is 2.69 bits per heavy atom. The predicted molar refractivity (Wildman–Crippen MR) is 97.4 cm³/mol. The third-order valence-corrected chi connectivity index (χ3v) is 5.99. The van der Waals surface area contributed by atoms with Crippen LogP contribution in [-0.4, -0.2) is 55.6 Å². The molecule has 1 fully saturated rings. The lowest BCUT2D eigenvalue weighted by molar-refractivity contribution is 0.239. The second kappa shape index (κ2) is 7.24. The number of benzene rings is 1. The van der Waals surface area contributed by atoms with Crippen LogP contribution in [-0.2, 0) is 14.3 Å². The van der Waals surface area contributed by atoms with Gasteiger partial charge in [-0.1, -0.05) is 17.7 Å². The van der Waals surface area contributed by atoms with Crippen molar-refractivity contribution in [2.24, 2.45) is 4.99 Å². The third-order valence-electron chi connectivity index (χ3n) is 4.25. The van der Waals surface area contributed by atoms with E-state index in [0.29, 0.717) is 25.3 Å². The predicted octanol–water partition coefficient (Wildman–Crippen LogP) is 1.87. The highest BCUT2D eigenvalue weighted by atomic mass is 35.5. The molecule has 140 valence electrons. The maximum Gasteiger partial charge on any atom is 0.344 e. The monoisotopic (exact) mass is 398 g/mol. The summed E-state index contributed by atoms with van der Waals surface area (Å²) in [5, 5.41) is 9.53. The summed E-state index contributed by atoms with van der Waals surface area (Å²) in [6, 6.07) is 4.80. The van der Waals surface area contributed by atoms with Crippen LogP contribution in [0.15, 0.2) is 34.2 Å². The Morgan fingerprint density at radius 2 is 2.08 bits per heavy atom. The molecule has 0 aliphatic carbocycles. The first-order valence-corrected chi connectivity index (χ1v) is 9.97. The second-order valence-corrected chi connectivity index (χ2v) is 8.27. The average molecular weight is 399 g/mol. The fourth-order valence-corrected chi connectivity index (χ4v) is 4.06. The van der Waals surface area contributed by atoms with Crippen molar-refractivity contribution < 1.29 is 17.4 Å². The van der Waals surface area contributed by atoms with E-state index in [9.17, 15) is 13.2 Å². The van der Waals surface area contributed by atoms with Crippen LogP contribution in [0.2, 0.25) is 0 Å². The third kappa shape index (κ3) is 3.99. The lowest BCUT2D eigenvalue weighted by atomic mass is 10.1. The van der Waals surface area contributed by atoms with Crippen LogP contribution in [0.5, 0.6) is 0 Å². The van der Waals surface area contributed by atoms with Crippen molar-refractivity contribution in [2.45, 2.75) is 36.1 Å². The number of aryl methyl sites for hydroxylation is 1. The number of alkyl halides is 1. The number of nitrogens with one attached hydrogen (secondary N) is 2. The van der Waals surface area contributed by atoms with Crippen LogP contribution in [0.4, 0.5) is 4.79 Å². The first-order valence-electron chi connectivity index (χ1n) is 8.13. The number of carbonyl (C=O) groups is 1. The zero-order valence-corrected chi connectivity index (χ0v) is 15.7. The number of amidine groups is 1. The number of urea groups is 1. The quantitative estimate of drug-likeness (QED) is 0.594. The van der Waals surface area contributed by atoms with Gasteiger partial charge in [0, 0.05) is 19.5 Å². The standard InChI is InChI=1S/C16H19ClN4O4S/c1-10-4-6-11(7-5-10)26(23,24)25-15-14(17)12(19-16(22)20-15)9-21-8-2-3-13(21)18/h4-7,12,14,18H,2-3,8-9H2,1H3,(H,19,22). The minimum atomic E-state index is -4.15. The van der Waals surface area contributed by atoms with E-state index in [1.54, 1.807) is 17.0 Å². The average Bonchev–Trinajstić information content (AvgIpc) is 2.97. The number of rotatable bonds is 4. The summed E-state index contributed by atoms with van der Waals surface area (Å²) in [7, 11) is -4.15. The topological polar surface area (TPSA) is 112 Å². The molecule has 2 unspecified atom stereocenters. The van der Waals surface area contributed by atoms with Gasteiger partial charge in [-0.2, -0.15) is 13.4 Å². The maximum atomic E-state index is 12.4. The molecule has 0 spiro atoms. The van der Waals surface area contributed by atoms with E-state index in [2.05, 4.69) is 10.3 Å². The molecule has 2 atom stereocenters. The summed E-state index contributed by atoms with van der Waals surface area (Å²) in [4.78, 5) is 17.2. The molecule has 1 aromatic carbocycles. The molecule has 10 heteroatoms. The molecule has 0 radical (unpaired) electrons. The highest BCUT2D eigenvalue weighted by Crippen LogP contribution is 2.21. The van der Waals surface area contributed by atoms with Crippen molar-refractivity contribution in [1.29, 1.82) is 5.41 Å². The van der Waals surface area contributed by atoms with Gasteiger partial charge in [0.2, 0.25) is 5.90 Å². The van der Waals surface area contributed by atoms with Crippen molar-refractivity contribution in [3.05, 3.63) is 29.8 Å². The van der Waals surface area contributed by atoms with E-state index >= 15 is 0 Å². The van der Waals surface area contributed by atoms with Gasteiger partial charge in [0.15, 0.2) is 0 Å². The summed E-state index contributed by atoms with van der Waals surface area (Å²) in [5.74, 6) is 0.118. The largest absolute Gasteiger partial charge is 0.361 e. The smallest absolute Gasteiger partial charge is 0.344 e. The molecule has 2 N–H and O–H groups in total. The summed E-state index contributed by atoms with van der Waals surface area (Å²) in [6.45, 7) is 2.83. The van der Waals surface area contributed by atoms with E-state index in [-0.39, 0.29) is 10.8 Å². The lowest BCUT2D eigenvalue weighted by Crippen LogP contribution is -2.54. The molecule has 2 amide bonds. The van der Waals surface area contributed by atoms with E-state index in [1.165, 1.54) is 12.1 Å². The summed E-state index contributed by atoms with van der Waals surface area (Å²) >= 11 is 6.33. The number of likely N-dealkylation sites (tertiary alicyclic amines) is 1. The maximum absolute atomic E-state index is 12.4. The highest BCUT2D eigenvalue weighted by molar-refractivity contribution is 7.87. The molecule has 0 aromatic heterocycles. The Hall–Kier alpha value is -2.13. The fraction of sp³-hybridized carbons (Fsp3) is 0.438. The molecule has 0 bridgehead atoms.